The Hall–Kier alpha value is -0.540. The number of benzene rings is 1. The van der Waals surface area contributed by atoms with Crippen LogP contribution in [0.2, 0.25) is 0 Å². The lowest BCUT2D eigenvalue weighted by Gasteiger charge is -2.16. The zero-order valence-electron chi connectivity index (χ0n) is 11.8. The van der Waals surface area contributed by atoms with Gasteiger partial charge in [0.05, 0.1) is 11.6 Å². The molecule has 0 saturated carbocycles. The summed E-state index contributed by atoms with van der Waals surface area (Å²) in [4.78, 5) is 0. The zero-order valence-corrected chi connectivity index (χ0v) is 13.4. The number of hydrogen-bond acceptors (Lipinski definition) is 2. The molecule has 1 rings (SSSR count). The molecule has 1 unspecified atom stereocenters. The molecule has 18 heavy (non-hydrogen) atoms. The lowest BCUT2D eigenvalue weighted by atomic mass is 10.1. The van der Waals surface area contributed by atoms with Gasteiger partial charge >= 0.3 is 0 Å². The minimum atomic E-state index is 0.374. The van der Waals surface area contributed by atoms with Crippen molar-refractivity contribution < 1.29 is 4.74 Å². The fourth-order valence-electron chi connectivity index (χ4n) is 1.90. The molecular weight excluding hydrogens is 290 g/mol. The molecule has 0 spiro atoms. The van der Waals surface area contributed by atoms with E-state index in [1.54, 1.807) is 7.11 Å². The van der Waals surface area contributed by atoms with Crippen LogP contribution < -0.4 is 10.1 Å². The van der Waals surface area contributed by atoms with E-state index in [0.717, 1.165) is 22.7 Å². The highest BCUT2D eigenvalue weighted by Gasteiger charge is 2.07. The van der Waals surface area contributed by atoms with E-state index in [9.17, 15) is 0 Å². The first-order valence-corrected chi connectivity index (χ1v) is 7.40. The third-order valence-electron chi connectivity index (χ3n) is 3.08. The molecule has 0 fully saturated rings. The summed E-state index contributed by atoms with van der Waals surface area (Å²) < 4.78 is 6.25. The van der Waals surface area contributed by atoms with Crippen molar-refractivity contribution in [2.45, 2.75) is 39.7 Å². The van der Waals surface area contributed by atoms with Crippen molar-refractivity contribution in [3.63, 3.8) is 0 Å². The molecule has 3 heteroatoms. The number of hydrogen-bond donors (Lipinski definition) is 1. The van der Waals surface area contributed by atoms with Gasteiger partial charge in [-0.2, -0.15) is 0 Å². The maximum atomic E-state index is 5.24. The van der Waals surface area contributed by atoms with Gasteiger partial charge in [0.25, 0.3) is 0 Å². The number of rotatable bonds is 7. The first-order valence-electron chi connectivity index (χ1n) is 6.61. The van der Waals surface area contributed by atoms with Crippen LogP contribution in [0.25, 0.3) is 0 Å². The molecule has 0 aliphatic carbocycles. The Balaban J connectivity index is 2.46. The first kappa shape index (κ1) is 15.5. The van der Waals surface area contributed by atoms with Gasteiger partial charge in [0.2, 0.25) is 0 Å². The van der Waals surface area contributed by atoms with Crippen molar-refractivity contribution in [2.24, 2.45) is 5.92 Å². The van der Waals surface area contributed by atoms with E-state index >= 15 is 0 Å². The van der Waals surface area contributed by atoms with Crippen molar-refractivity contribution in [1.82, 2.24) is 5.32 Å². The van der Waals surface area contributed by atoms with Crippen LogP contribution >= 0.6 is 15.9 Å². The van der Waals surface area contributed by atoms with Crippen LogP contribution in [-0.2, 0) is 0 Å². The number of nitrogens with one attached hydrogen (secondary N) is 1. The van der Waals surface area contributed by atoms with E-state index in [2.05, 4.69) is 54.2 Å². The predicted molar refractivity (Wildman–Crippen MR) is 81.2 cm³/mol. The fourth-order valence-corrected chi connectivity index (χ4v) is 2.46. The van der Waals surface area contributed by atoms with Crippen LogP contribution in [0.5, 0.6) is 5.75 Å². The van der Waals surface area contributed by atoms with Crippen LogP contribution in [0.15, 0.2) is 22.7 Å². The standard InChI is InChI=1S/C15H24BrNO/c1-11(2)6-5-9-17-12(3)13-7-8-15(18-4)14(16)10-13/h7-8,10-12,17H,5-6,9H2,1-4H3. The Morgan fingerprint density at radius 1 is 1.28 bits per heavy atom. The lowest BCUT2D eigenvalue weighted by molar-refractivity contribution is 0.411. The van der Waals surface area contributed by atoms with Gasteiger partial charge in [-0.25, -0.2) is 0 Å². The van der Waals surface area contributed by atoms with Crippen molar-refractivity contribution >= 4 is 15.9 Å². The van der Waals surface area contributed by atoms with E-state index in [1.165, 1.54) is 18.4 Å². The van der Waals surface area contributed by atoms with Crippen LogP contribution in [-0.4, -0.2) is 13.7 Å². The molecule has 0 aliphatic rings. The highest BCUT2D eigenvalue weighted by molar-refractivity contribution is 9.10. The molecular formula is C15H24BrNO. The summed E-state index contributed by atoms with van der Waals surface area (Å²) in [5.74, 6) is 1.67. The summed E-state index contributed by atoms with van der Waals surface area (Å²) in [6.07, 6.45) is 2.52. The van der Waals surface area contributed by atoms with Gasteiger partial charge in [-0.1, -0.05) is 19.9 Å². The summed E-state index contributed by atoms with van der Waals surface area (Å²) in [5.41, 5.74) is 1.28. The fraction of sp³-hybridized carbons (Fsp3) is 0.600. The molecule has 0 aromatic heterocycles. The third-order valence-corrected chi connectivity index (χ3v) is 3.70. The molecule has 0 heterocycles. The van der Waals surface area contributed by atoms with Gasteiger partial charge in [-0.15, -0.1) is 0 Å². The molecule has 0 saturated heterocycles. The summed E-state index contributed by atoms with van der Waals surface area (Å²) in [6, 6.07) is 6.62. The van der Waals surface area contributed by atoms with Crippen molar-refractivity contribution in [3.8, 4) is 5.75 Å². The molecule has 2 nitrogen and oxygen atoms in total. The van der Waals surface area contributed by atoms with Gasteiger partial charge in [-0.3, -0.25) is 0 Å². The molecule has 1 aromatic rings. The summed E-state index contributed by atoms with van der Waals surface area (Å²) in [6.45, 7) is 7.81. The highest BCUT2D eigenvalue weighted by Crippen LogP contribution is 2.27. The van der Waals surface area contributed by atoms with Crippen LogP contribution in [0.3, 0.4) is 0 Å². The molecule has 102 valence electrons. The Morgan fingerprint density at radius 2 is 2.00 bits per heavy atom. The van der Waals surface area contributed by atoms with E-state index < -0.39 is 0 Å². The molecule has 1 N–H and O–H groups in total. The van der Waals surface area contributed by atoms with E-state index in [0.29, 0.717) is 6.04 Å². The molecule has 0 radical (unpaired) electrons. The topological polar surface area (TPSA) is 21.3 Å². The maximum absolute atomic E-state index is 5.24. The normalized spacial score (nSPS) is 12.8. The second kappa shape index (κ2) is 7.80. The van der Waals surface area contributed by atoms with Crippen LogP contribution in [0, 0.1) is 5.92 Å². The molecule has 1 aromatic carbocycles. The predicted octanol–water partition coefficient (Wildman–Crippen LogP) is 4.54. The number of ether oxygens (including phenoxy) is 1. The quantitative estimate of drug-likeness (QED) is 0.746. The SMILES string of the molecule is COc1ccc(C(C)NCCCC(C)C)cc1Br. The van der Waals surface area contributed by atoms with Gasteiger partial charge in [0, 0.05) is 6.04 Å². The van der Waals surface area contributed by atoms with Crippen molar-refractivity contribution in [2.75, 3.05) is 13.7 Å². The molecule has 0 aliphatic heterocycles. The first-order chi connectivity index (χ1) is 8.54. The van der Waals surface area contributed by atoms with Crippen LogP contribution in [0.1, 0.15) is 45.2 Å². The minimum absolute atomic E-state index is 0.374. The monoisotopic (exact) mass is 313 g/mol. The molecule has 1 atom stereocenters. The second-order valence-corrected chi connectivity index (χ2v) is 5.96. The van der Waals surface area contributed by atoms with Gasteiger partial charge in [-0.05, 0) is 65.9 Å². The second-order valence-electron chi connectivity index (χ2n) is 5.11. The third kappa shape index (κ3) is 4.99. The van der Waals surface area contributed by atoms with E-state index in [4.69, 9.17) is 4.74 Å². The highest BCUT2D eigenvalue weighted by atomic mass is 79.9. The van der Waals surface area contributed by atoms with Gasteiger partial charge in [0.1, 0.15) is 5.75 Å². The number of halogens is 1. The molecule has 0 bridgehead atoms. The summed E-state index contributed by atoms with van der Waals surface area (Å²) in [7, 11) is 1.69. The number of methoxy groups -OCH3 is 1. The van der Waals surface area contributed by atoms with Crippen molar-refractivity contribution in [1.29, 1.82) is 0 Å². The smallest absolute Gasteiger partial charge is 0.133 e. The van der Waals surface area contributed by atoms with Gasteiger partial charge in [0.15, 0.2) is 0 Å². The average molecular weight is 314 g/mol. The minimum Gasteiger partial charge on any atom is -0.496 e. The van der Waals surface area contributed by atoms with E-state index in [-0.39, 0.29) is 0 Å². The van der Waals surface area contributed by atoms with Gasteiger partial charge < -0.3 is 10.1 Å². The summed E-state index contributed by atoms with van der Waals surface area (Å²) >= 11 is 3.52. The largest absolute Gasteiger partial charge is 0.496 e. The maximum Gasteiger partial charge on any atom is 0.133 e. The Labute approximate surface area is 119 Å². The Bertz CT molecular complexity index is 366. The van der Waals surface area contributed by atoms with Crippen molar-refractivity contribution in [3.05, 3.63) is 28.2 Å². The van der Waals surface area contributed by atoms with Crippen LogP contribution in [0.4, 0.5) is 0 Å². The van der Waals surface area contributed by atoms with E-state index in [1.807, 2.05) is 6.07 Å². The average Bonchev–Trinajstić information content (AvgIpc) is 2.34. The Morgan fingerprint density at radius 3 is 2.56 bits per heavy atom. The molecule has 0 amide bonds. The Kier molecular flexibility index (Phi) is 6.72. The lowest BCUT2D eigenvalue weighted by Crippen LogP contribution is -2.20. The summed E-state index contributed by atoms with van der Waals surface area (Å²) in [5, 5.41) is 3.56. The zero-order chi connectivity index (χ0) is 13.5.